The molecule has 0 aliphatic heterocycles. The quantitative estimate of drug-likeness (QED) is 0.739. The summed E-state index contributed by atoms with van der Waals surface area (Å²) in [6.45, 7) is 5.39. The molecule has 2 N–H and O–H groups in total. The van der Waals surface area contributed by atoms with E-state index in [4.69, 9.17) is 4.74 Å². The molecule has 0 unspecified atom stereocenters. The van der Waals surface area contributed by atoms with Crippen molar-refractivity contribution >= 4 is 17.3 Å². The zero-order chi connectivity index (χ0) is 19.4. The summed E-state index contributed by atoms with van der Waals surface area (Å²) < 4.78 is 5.36. The third kappa shape index (κ3) is 4.91. The minimum absolute atomic E-state index is 0.213. The summed E-state index contributed by atoms with van der Waals surface area (Å²) in [6, 6.07) is 12.4. The number of nitrogens with zero attached hydrogens (tertiary/aromatic N) is 2. The van der Waals surface area contributed by atoms with Crippen LogP contribution in [-0.4, -0.2) is 26.6 Å². The van der Waals surface area contributed by atoms with Crippen LogP contribution in [0.3, 0.4) is 0 Å². The van der Waals surface area contributed by atoms with Crippen molar-refractivity contribution in [3.05, 3.63) is 70.3 Å². The predicted octanol–water partition coefficient (Wildman–Crippen LogP) is 3.13. The number of carbonyl (C=O) groups is 1. The Hall–Kier alpha value is -3.22. The van der Waals surface area contributed by atoms with Crippen LogP contribution in [0.1, 0.15) is 38.1 Å². The normalized spacial score (nSPS) is 12.6. The molecular formula is C20H22N4O3. The second kappa shape index (κ2) is 7.57. The van der Waals surface area contributed by atoms with E-state index in [1.165, 1.54) is 0 Å². The molecule has 140 valence electrons. The summed E-state index contributed by atoms with van der Waals surface area (Å²) in [7, 11) is 0. The second-order valence-electron chi connectivity index (χ2n) is 7.20. The molecule has 7 heteroatoms. The summed E-state index contributed by atoms with van der Waals surface area (Å²) in [5, 5.41) is 2.84. The average Bonchev–Trinajstić information content (AvgIpc) is 2.61. The van der Waals surface area contributed by atoms with Crippen molar-refractivity contribution in [2.24, 2.45) is 0 Å². The Morgan fingerprint density at radius 3 is 2.63 bits per heavy atom. The number of alkyl carbamates (subject to hydrolysis) is 1. The number of carbonyl (C=O) groups excluding carboxylic acids is 1. The Morgan fingerprint density at radius 1 is 1.19 bits per heavy atom. The maximum Gasteiger partial charge on any atom is 0.408 e. The van der Waals surface area contributed by atoms with Crippen LogP contribution in [0, 0.1) is 0 Å². The number of benzene rings is 1. The maximum atomic E-state index is 12.4. The smallest absolute Gasteiger partial charge is 0.408 e. The van der Waals surface area contributed by atoms with Gasteiger partial charge in [-0.25, -0.2) is 14.8 Å². The van der Waals surface area contributed by atoms with Crippen molar-refractivity contribution in [3.8, 4) is 0 Å². The summed E-state index contributed by atoms with van der Waals surface area (Å²) in [5.74, 6) is 0. The first kappa shape index (κ1) is 18.6. The number of hydrogen-bond acceptors (Lipinski definition) is 5. The Kier molecular flexibility index (Phi) is 5.21. The first-order valence-corrected chi connectivity index (χ1v) is 8.70. The highest BCUT2D eigenvalue weighted by Crippen LogP contribution is 2.18. The van der Waals surface area contributed by atoms with Crippen LogP contribution in [0.4, 0.5) is 4.79 Å². The fourth-order valence-corrected chi connectivity index (χ4v) is 2.68. The standard InChI is InChI=1S/C20H22N4O3/c1-20(2,3)27-19(26)24-15(13-8-5-4-6-9-13)12-16-18(25)23-14-10-7-11-21-17(14)22-16/h4-11,15H,12H2,1-3H3,(H,23,25)(H,24,26)/t15-/m1/s1. The fraction of sp³-hybridized carbons (Fsp3) is 0.300. The van der Waals surface area contributed by atoms with E-state index < -0.39 is 17.7 Å². The molecule has 1 atom stereocenters. The molecule has 0 bridgehead atoms. The molecule has 2 heterocycles. The first-order chi connectivity index (χ1) is 12.8. The van der Waals surface area contributed by atoms with Crippen molar-refractivity contribution < 1.29 is 9.53 Å². The van der Waals surface area contributed by atoms with Crippen LogP contribution in [0.5, 0.6) is 0 Å². The minimum atomic E-state index is -0.617. The largest absolute Gasteiger partial charge is 0.444 e. The summed E-state index contributed by atoms with van der Waals surface area (Å²) >= 11 is 0. The molecule has 0 saturated carbocycles. The number of ether oxygens (including phenoxy) is 1. The lowest BCUT2D eigenvalue weighted by atomic mass is 10.0. The topological polar surface area (TPSA) is 97.0 Å². The van der Waals surface area contributed by atoms with Crippen LogP contribution in [0.2, 0.25) is 0 Å². The third-order valence-electron chi connectivity index (χ3n) is 3.83. The number of hydrogen-bond donors (Lipinski definition) is 2. The van der Waals surface area contributed by atoms with Crippen LogP contribution in [-0.2, 0) is 11.2 Å². The van der Waals surface area contributed by atoms with Crippen molar-refractivity contribution in [2.45, 2.75) is 38.8 Å². The molecule has 1 amide bonds. The molecule has 0 spiro atoms. The molecule has 1 aromatic carbocycles. The lowest BCUT2D eigenvalue weighted by molar-refractivity contribution is 0.0503. The number of H-pyrrole nitrogens is 1. The van der Waals surface area contributed by atoms with E-state index in [9.17, 15) is 9.59 Å². The summed E-state index contributed by atoms with van der Waals surface area (Å²) in [5.41, 5.74) is 1.26. The van der Waals surface area contributed by atoms with E-state index in [1.54, 1.807) is 39.1 Å². The fourth-order valence-electron chi connectivity index (χ4n) is 2.68. The van der Waals surface area contributed by atoms with Crippen LogP contribution in [0.15, 0.2) is 53.5 Å². The first-order valence-electron chi connectivity index (χ1n) is 8.70. The van der Waals surface area contributed by atoms with Gasteiger partial charge in [-0.15, -0.1) is 0 Å². The zero-order valence-corrected chi connectivity index (χ0v) is 15.5. The highest BCUT2D eigenvalue weighted by molar-refractivity contribution is 5.69. The van der Waals surface area contributed by atoms with Crippen molar-refractivity contribution in [2.75, 3.05) is 0 Å². The van der Waals surface area contributed by atoms with E-state index >= 15 is 0 Å². The van der Waals surface area contributed by atoms with Gasteiger partial charge in [0.15, 0.2) is 5.65 Å². The van der Waals surface area contributed by atoms with Crippen LogP contribution < -0.4 is 10.9 Å². The number of pyridine rings is 1. The van der Waals surface area contributed by atoms with E-state index in [1.807, 2.05) is 30.3 Å². The van der Waals surface area contributed by atoms with E-state index in [-0.39, 0.29) is 12.0 Å². The number of aromatic amines is 1. The molecule has 0 aliphatic carbocycles. The molecule has 0 saturated heterocycles. The molecule has 3 aromatic rings. The monoisotopic (exact) mass is 366 g/mol. The molecule has 3 rings (SSSR count). The Bertz CT molecular complexity index is 993. The van der Waals surface area contributed by atoms with E-state index in [0.717, 1.165) is 5.56 Å². The molecule has 0 fully saturated rings. The Balaban J connectivity index is 1.91. The van der Waals surface area contributed by atoms with Gasteiger partial charge in [-0.2, -0.15) is 0 Å². The van der Waals surface area contributed by atoms with Gasteiger partial charge in [0.05, 0.1) is 11.6 Å². The van der Waals surface area contributed by atoms with Crippen molar-refractivity contribution in [1.82, 2.24) is 20.3 Å². The maximum absolute atomic E-state index is 12.4. The van der Waals surface area contributed by atoms with Gasteiger partial charge in [-0.3, -0.25) is 4.79 Å². The molecular weight excluding hydrogens is 344 g/mol. The van der Waals surface area contributed by atoms with Crippen molar-refractivity contribution in [3.63, 3.8) is 0 Å². The van der Waals surface area contributed by atoms with Gasteiger partial charge < -0.3 is 15.0 Å². The Morgan fingerprint density at radius 2 is 1.93 bits per heavy atom. The molecule has 0 radical (unpaired) electrons. The molecule has 0 aliphatic rings. The number of rotatable bonds is 4. The zero-order valence-electron chi connectivity index (χ0n) is 15.5. The average molecular weight is 366 g/mol. The van der Waals surface area contributed by atoms with Gasteiger partial charge in [0.1, 0.15) is 11.3 Å². The number of fused-ring (bicyclic) bond motifs is 1. The van der Waals surface area contributed by atoms with E-state index in [2.05, 4.69) is 20.3 Å². The number of nitrogens with one attached hydrogen (secondary N) is 2. The lowest BCUT2D eigenvalue weighted by Crippen LogP contribution is -2.36. The Labute approximate surface area is 156 Å². The summed E-state index contributed by atoms with van der Waals surface area (Å²) in [6.07, 6.45) is 1.28. The second-order valence-corrected chi connectivity index (χ2v) is 7.20. The summed E-state index contributed by atoms with van der Waals surface area (Å²) in [4.78, 5) is 36.0. The molecule has 2 aromatic heterocycles. The van der Waals surface area contributed by atoms with Gasteiger partial charge in [0.25, 0.3) is 5.56 Å². The van der Waals surface area contributed by atoms with Crippen LogP contribution >= 0.6 is 0 Å². The van der Waals surface area contributed by atoms with Gasteiger partial charge in [-0.1, -0.05) is 30.3 Å². The third-order valence-corrected chi connectivity index (χ3v) is 3.83. The molecule has 27 heavy (non-hydrogen) atoms. The van der Waals surface area contributed by atoms with E-state index in [0.29, 0.717) is 16.9 Å². The lowest BCUT2D eigenvalue weighted by Gasteiger charge is -2.23. The van der Waals surface area contributed by atoms with Gasteiger partial charge in [0.2, 0.25) is 0 Å². The number of amides is 1. The number of aromatic nitrogens is 3. The van der Waals surface area contributed by atoms with Crippen LogP contribution in [0.25, 0.3) is 11.2 Å². The predicted molar refractivity (Wildman–Crippen MR) is 102 cm³/mol. The van der Waals surface area contributed by atoms with Crippen molar-refractivity contribution in [1.29, 1.82) is 0 Å². The van der Waals surface area contributed by atoms with Gasteiger partial charge in [0, 0.05) is 12.6 Å². The highest BCUT2D eigenvalue weighted by Gasteiger charge is 2.22. The minimum Gasteiger partial charge on any atom is -0.444 e. The highest BCUT2D eigenvalue weighted by atomic mass is 16.6. The van der Waals surface area contributed by atoms with Gasteiger partial charge >= 0.3 is 6.09 Å². The molecule has 7 nitrogen and oxygen atoms in total. The SMILES string of the molecule is CC(C)(C)OC(=O)N[C@H](Cc1nc2ncccc2[nH]c1=O)c1ccccc1. The van der Waals surface area contributed by atoms with Gasteiger partial charge in [-0.05, 0) is 38.5 Å².